The fraction of sp³-hybridized carbons (Fsp3) is 0.340. The molecule has 0 aliphatic carbocycles. The molecule has 8 heteroatoms. The molecule has 0 spiro atoms. The summed E-state index contributed by atoms with van der Waals surface area (Å²) in [6.07, 6.45) is 4.05. The van der Waals surface area contributed by atoms with E-state index in [0.717, 1.165) is 57.0 Å². The maximum Gasteiger partial charge on any atom is 0.415 e. The van der Waals surface area contributed by atoms with Gasteiger partial charge in [0.05, 0.1) is 49.8 Å². The van der Waals surface area contributed by atoms with E-state index in [1.165, 1.54) is 16.7 Å². The van der Waals surface area contributed by atoms with Crippen molar-refractivity contribution in [1.29, 1.82) is 0 Å². The van der Waals surface area contributed by atoms with Crippen molar-refractivity contribution in [2.45, 2.75) is 97.6 Å². The lowest BCUT2D eigenvalue weighted by atomic mass is 9.85. The third kappa shape index (κ3) is 10.6. The van der Waals surface area contributed by atoms with Crippen LogP contribution in [0, 0.1) is 0 Å². The molecule has 2 aliphatic rings. The highest BCUT2D eigenvalue weighted by atomic mass is 16.6. The van der Waals surface area contributed by atoms with E-state index >= 15 is 0 Å². The molecule has 2 N–H and O–H groups in total. The van der Waals surface area contributed by atoms with Crippen molar-refractivity contribution in [1.82, 2.24) is 0 Å². The smallest absolute Gasteiger partial charge is 0.415 e. The van der Waals surface area contributed by atoms with Crippen molar-refractivity contribution in [3.8, 4) is 33.8 Å². The number of hydrogen-bond acceptors (Lipinski definition) is 7. The number of fused-ring (bicyclic) bond motifs is 2. The molecule has 8 nitrogen and oxygen atoms in total. The maximum absolute atomic E-state index is 13.1. The summed E-state index contributed by atoms with van der Waals surface area (Å²) < 4.78 is 23.1. The summed E-state index contributed by atoms with van der Waals surface area (Å²) >= 11 is 0. The first-order valence-corrected chi connectivity index (χ1v) is 21.1. The van der Waals surface area contributed by atoms with Gasteiger partial charge in [-0.1, -0.05) is 91.0 Å². The molecule has 61 heavy (non-hydrogen) atoms. The topological polar surface area (TPSA) is 89.5 Å². The van der Waals surface area contributed by atoms with E-state index in [1.54, 1.807) is 26.0 Å². The van der Waals surface area contributed by atoms with Gasteiger partial charge in [-0.05, 0) is 133 Å². The normalized spacial score (nSPS) is 15.9. The first kappa shape index (κ1) is 44.7. The number of aliphatic hydroxyl groups is 1. The summed E-state index contributed by atoms with van der Waals surface area (Å²) in [5.74, 6) is 1.64. The highest BCUT2D eigenvalue weighted by molar-refractivity contribution is 5.99. The van der Waals surface area contributed by atoms with Gasteiger partial charge in [0.2, 0.25) is 0 Å². The third-order valence-electron chi connectivity index (χ3n) is 10.8. The minimum absolute atomic E-state index is 0.00300. The molecular weight excluding hydrogens is 761 g/mol. The molecule has 2 unspecified atom stereocenters. The quantitative estimate of drug-likeness (QED) is 0.145. The Labute approximate surface area is 362 Å². The molecule has 2 heterocycles. The van der Waals surface area contributed by atoms with Gasteiger partial charge in [-0.2, -0.15) is 0 Å². The van der Waals surface area contributed by atoms with Gasteiger partial charge in [-0.25, -0.2) is 4.79 Å². The Bertz CT molecular complexity index is 2390. The van der Waals surface area contributed by atoms with Gasteiger partial charge < -0.3 is 29.4 Å². The summed E-state index contributed by atoms with van der Waals surface area (Å²) in [6.45, 7) is 18.4. The van der Waals surface area contributed by atoms with Gasteiger partial charge in [0, 0.05) is 27.9 Å². The predicted octanol–water partition coefficient (Wildman–Crippen LogP) is 12.3. The Balaban J connectivity index is 0.000000204. The zero-order chi connectivity index (χ0) is 44.1. The largest absolute Gasteiger partial charge is 0.496 e. The number of rotatable bonds is 10. The van der Waals surface area contributed by atoms with Gasteiger partial charge in [0.1, 0.15) is 17.1 Å². The molecule has 320 valence electrons. The van der Waals surface area contributed by atoms with Crippen LogP contribution in [0.15, 0.2) is 127 Å². The minimum atomic E-state index is -0.684. The minimum Gasteiger partial charge on any atom is -0.496 e. The average molecular weight is 823 g/mol. The van der Waals surface area contributed by atoms with E-state index in [9.17, 15) is 9.90 Å². The summed E-state index contributed by atoms with van der Waals surface area (Å²) in [5, 5.41) is 14.1. The summed E-state index contributed by atoms with van der Waals surface area (Å²) in [6, 6.07) is 38.9. The number of para-hydroxylation sites is 2. The van der Waals surface area contributed by atoms with Crippen molar-refractivity contribution < 1.29 is 28.8 Å². The molecule has 0 saturated carbocycles. The van der Waals surface area contributed by atoms with Crippen LogP contribution in [0.3, 0.4) is 0 Å². The van der Waals surface area contributed by atoms with Gasteiger partial charge in [-0.15, -0.1) is 0 Å². The van der Waals surface area contributed by atoms with Crippen LogP contribution in [0.25, 0.3) is 33.4 Å². The predicted molar refractivity (Wildman–Crippen MR) is 251 cm³/mol. The van der Waals surface area contributed by atoms with Crippen molar-refractivity contribution >= 4 is 28.6 Å². The molecule has 0 aromatic heterocycles. The molecule has 2 atom stereocenters. The number of nitrogens with zero attached hydrogens (tertiary/aromatic N) is 1. The van der Waals surface area contributed by atoms with Crippen LogP contribution in [-0.2, 0) is 15.9 Å². The Morgan fingerprint density at radius 3 is 1.84 bits per heavy atom. The molecule has 2 aliphatic heterocycles. The van der Waals surface area contributed by atoms with Crippen molar-refractivity contribution in [3.63, 3.8) is 0 Å². The van der Waals surface area contributed by atoms with Gasteiger partial charge >= 0.3 is 6.09 Å². The number of methoxy groups -OCH3 is 2. The van der Waals surface area contributed by atoms with E-state index in [0.29, 0.717) is 12.3 Å². The first-order chi connectivity index (χ1) is 28.9. The highest BCUT2D eigenvalue weighted by Crippen LogP contribution is 2.44. The van der Waals surface area contributed by atoms with E-state index < -0.39 is 23.3 Å². The number of benzene rings is 5. The molecule has 5 aromatic rings. The summed E-state index contributed by atoms with van der Waals surface area (Å²) in [7, 11) is 3.36. The number of ether oxygens (including phenoxy) is 4. The van der Waals surface area contributed by atoms with Crippen molar-refractivity contribution in [2.24, 2.45) is 0 Å². The second-order valence-electron chi connectivity index (χ2n) is 17.8. The first-order valence-electron chi connectivity index (χ1n) is 21.1. The monoisotopic (exact) mass is 822 g/mol. The van der Waals surface area contributed by atoms with Crippen LogP contribution >= 0.6 is 0 Å². The van der Waals surface area contributed by atoms with E-state index in [2.05, 4.69) is 80.7 Å². The number of anilines is 2. The molecule has 0 fully saturated rings. The molecular formula is C53H62N2O6. The number of carbonyl (C=O) groups is 1. The Kier molecular flexibility index (Phi) is 13.5. The van der Waals surface area contributed by atoms with Gasteiger partial charge in [0.25, 0.3) is 0 Å². The zero-order valence-corrected chi connectivity index (χ0v) is 37.6. The fourth-order valence-corrected chi connectivity index (χ4v) is 8.05. The van der Waals surface area contributed by atoms with Crippen LogP contribution in [0.1, 0.15) is 79.0 Å². The number of nitrogens with one attached hydrogen (secondary N) is 1. The lowest BCUT2D eigenvalue weighted by molar-refractivity contribution is 0.0555. The van der Waals surface area contributed by atoms with Crippen LogP contribution in [-0.4, -0.2) is 60.9 Å². The molecule has 1 amide bonds. The standard InChI is InChI=1S/C28H31NO2.C25H31NO4/c1-20(31-17-16-21-10-6-5-7-11-21)25-19-28(2,3)29-26-15-14-22(18-24(25)26)23-12-8-9-13-27(23)30-4;1-16(27)20-15-25(5,6)26(23(28)30-24(2,3)4)21-13-12-17(14-19(20)21)18-10-8-9-11-22(18)29-7/h5-15,18-20,29H,16-17H2,1-4H3;8-16,27H,1-7H3. The van der Waals surface area contributed by atoms with E-state index in [-0.39, 0.29) is 11.6 Å². The molecule has 7 rings (SSSR count). The Hall–Kier alpha value is -5.83. The third-order valence-corrected chi connectivity index (χ3v) is 10.8. The van der Waals surface area contributed by atoms with Crippen molar-refractivity contribution in [3.05, 3.63) is 144 Å². The highest BCUT2D eigenvalue weighted by Gasteiger charge is 2.40. The summed E-state index contributed by atoms with van der Waals surface area (Å²) in [5.41, 5.74) is 9.87. The number of carbonyl (C=O) groups excluding carboxylic acids is 1. The fourth-order valence-electron chi connectivity index (χ4n) is 8.05. The molecule has 0 radical (unpaired) electrons. The lowest BCUT2D eigenvalue weighted by Gasteiger charge is -2.42. The van der Waals surface area contributed by atoms with Crippen LogP contribution in [0.4, 0.5) is 16.2 Å². The van der Waals surface area contributed by atoms with E-state index in [1.807, 2.05) is 107 Å². The maximum atomic E-state index is 13.1. The molecule has 0 saturated heterocycles. The number of amides is 1. The van der Waals surface area contributed by atoms with Gasteiger partial charge in [-0.3, -0.25) is 4.90 Å². The SMILES string of the molecule is COc1ccccc1-c1ccc2c(c1)C(C(C)O)=CC(C)(C)N2C(=O)OC(C)(C)C.COc1ccccc1-c1ccc2c(c1)C(C(C)OCCc1ccccc1)=CC(C)(C)N2. The lowest BCUT2D eigenvalue weighted by Crippen LogP contribution is -2.51. The zero-order valence-electron chi connectivity index (χ0n) is 37.6. The second kappa shape index (κ2) is 18.4. The molecule has 0 bridgehead atoms. The number of aliphatic hydroxyl groups excluding tert-OH is 1. The second-order valence-corrected chi connectivity index (χ2v) is 17.8. The van der Waals surface area contributed by atoms with Crippen molar-refractivity contribution in [2.75, 3.05) is 31.0 Å². The summed E-state index contributed by atoms with van der Waals surface area (Å²) in [4.78, 5) is 14.8. The van der Waals surface area contributed by atoms with E-state index in [4.69, 9.17) is 18.9 Å². The Morgan fingerprint density at radius 1 is 0.705 bits per heavy atom. The number of hydrogen-bond donors (Lipinski definition) is 2. The van der Waals surface area contributed by atoms with Gasteiger partial charge in [0.15, 0.2) is 0 Å². The van der Waals surface area contributed by atoms with Crippen LogP contribution in [0.2, 0.25) is 0 Å². The van der Waals surface area contributed by atoms with Crippen LogP contribution < -0.4 is 19.7 Å². The molecule has 5 aromatic carbocycles. The average Bonchev–Trinajstić information content (AvgIpc) is 3.22. The van der Waals surface area contributed by atoms with Crippen LogP contribution in [0.5, 0.6) is 11.5 Å². The Morgan fingerprint density at radius 2 is 1.26 bits per heavy atom.